The lowest BCUT2D eigenvalue weighted by atomic mass is 10.1. The number of nitrogens with one attached hydrogen (secondary N) is 2. The molecule has 0 spiro atoms. The summed E-state index contributed by atoms with van der Waals surface area (Å²) in [6.45, 7) is 18.1. The number of fused-ring (bicyclic) bond motifs is 3. The van der Waals surface area contributed by atoms with E-state index in [9.17, 15) is 0 Å². The van der Waals surface area contributed by atoms with Gasteiger partial charge in [0.05, 0.1) is 0 Å². The Morgan fingerprint density at radius 1 is 1.08 bits per heavy atom. The molecule has 0 saturated carbocycles. The fourth-order valence-corrected chi connectivity index (χ4v) is 3.77. The van der Waals surface area contributed by atoms with E-state index in [1.165, 1.54) is 32.7 Å². The highest BCUT2D eigenvalue weighted by molar-refractivity contribution is 14.0. The van der Waals surface area contributed by atoms with Crippen LogP contribution in [0, 0.1) is 0 Å². The van der Waals surface area contributed by atoms with Gasteiger partial charge in [0.1, 0.15) is 0 Å². The first kappa shape index (κ1) is 21.9. The first-order valence-electron chi connectivity index (χ1n) is 9.18. The molecule has 3 fully saturated rings. The lowest BCUT2D eigenvalue weighted by molar-refractivity contribution is 0.0154. The molecule has 2 bridgehead atoms. The van der Waals surface area contributed by atoms with Gasteiger partial charge in [-0.15, -0.1) is 24.0 Å². The smallest absolute Gasteiger partial charge is 0.191 e. The highest BCUT2D eigenvalue weighted by Crippen LogP contribution is 2.14. The van der Waals surface area contributed by atoms with Crippen LogP contribution in [-0.4, -0.2) is 98.2 Å². The van der Waals surface area contributed by atoms with Crippen molar-refractivity contribution < 1.29 is 0 Å². The Bertz CT molecular complexity index is 371. The Morgan fingerprint density at radius 3 is 2.17 bits per heavy atom. The van der Waals surface area contributed by atoms with Gasteiger partial charge in [0.25, 0.3) is 0 Å². The van der Waals surface area contributed by atoms with E-state index in [1.807, 2.05) is 7.05 Å². The van der Waals surface area contributed by atoms with E-state index in [0.29, 0.717) is 18.1 Å². The topological polar surface area (TPSA) is 46.1 Å². The van der Waals surface area contributed by atoms with Gasteiger partial charge >= 0.3 is 0 Å². The van der Waals surface area contributed by atoms with Crippen molar-refractivity contribution in [3.05, 3.63) is 0 Å². The van der Waals surface area contributed by atoms with Crippen LogP contribution in [0.1, 0.15) is 27.7 Å². The average molecular weight is 452 g/mol. The average Bonchev–Trinajstić information content (AvgIpc) is 2.54. The molecule has 3 aliphatic heterocycles. The Labute approximate surface area is 165 Å². The van der Waals surface area contributed by atoms with Crippen molar-refractivity contribution >= 4 is 29.9 Å². The van der Waals surface area contributed by atoms with Crippen molar-refractivity contribution in [2.75, 3.05) is 59.4 Å². The number of hydrogen-bond acceptors (Lipinski definition) is 4. The molecule has 3 rings (SSSR count). The van der Waals surface area contributed by atoms with Gasteiger partial charge in [-0.3, -0.25) is 19.7 Å². The van der Waals surface area contributed by atoms with Crippen molar-refractivity contribution in [2.45, 2.75) is 45.8 Å². The second kappa shape index (κ2) is 10.8. The van der Waals surface area contributed by atoms with E-state index >= 15 is 0 Å². The molecule has 3 aliphatic rings. The fourth-order valence-electron chi connectivity index (χ4n) is 3.77. The molecular weight excluding hydrogens is 415 g/mol. The molecule has 0 radical (unpaired) electrons. The molecule has 1 atom stereocenters. The molecule has 0 aromatic carbocycles. The number of nitrogens with zero attached hydrogens (tertiary/aromatic N) is 4. The minimum absolute atomic E-state index is 0. The summed E-state index contributed by atoms with van der Waals surface area (Å²) in [5.41, 5.74) is 0. The summed E-state index contributed by atoms with van der Waals surface area (Å²) < 4.78 is 0. The van der Waals surface area contributed by atoms with Crippen LogP contribution in [0.15, 0.2) is 4.99 Å². The molecule has 24 heavy (non-hydrogen) atoms. The lowest BCUT2D eigenvalue weighted by Crippen LogP contribution is -2.64. The van der Waals surface area contributed by atoms with Gasteiger partial charge in [-0.1, -0.05) is 0 Å². The summed E-state index contributed by atoms with van der Waals surface area (Å²) in [5, 5.41) is 6.97. The van der Waals surface area contributed by atoms with Crippen molar-refractivity contribution in [3.63, 3.8) is 0 Å². The molecule has 1 unspecified atom stereocenters. The van der Waals surface area contributed by atoms with Crippen LogP contribution >= 0.6 is 24.0 Å². The molecule has 0 amide bonds. The van der Waals surface area contributed by atoms with Gasteiger partial charge in [-0.2, -0.15) is 0 Å². The number of hydrogen-bond donors (Lipinski definition) is 2. The zero-order valence-electron chi connectivity index (χ0n) is 16.1. The van der Waals surface area contributed by atoms with Gasteiger partial charge in [-0.05, 0) is 27.7 Å². The molecule has 3 heterocycles. The predicted octanol–water partition coefficient (Wildman–Crippen LogP) is 0.888. The van der Waals surface area contributed by atoms with E-state index in [4.69, 9.17) is 0 Å². The van der Waals surface area contributed by atoms with Crippen LogP contribution < -0.4 is 10.6 Å². The second-order valence-electron chi connectivity index (χ2n) is 7.30. The number of rotatable bonds is 7. The third-order valence-electron chi connectivity index (χ3n) is 5.11. The first-order chi connectivity index (χ1) is 11.0. The quantitative estimate of drug-likeness (QED) is 0.342. The van der Waals surface area contributed by atoms with Gasteiger partial charge in [0.15, 0.2) is 5.96 Å². The highest BCUT2D eigenvalue weighted by atomic mass is 127. The molecule has 3 saturated heterocycles. The Morgan fingerprint density at radius 2 is 1.71 bits per heavy atom. The van der Waals surface area contributed by atoms with Gasteiger partial charge in [-0.25, -0.2) is 0 Å². The SMILES string of the molecule is CN=C(NCCN(C(C)C)C(C)C)NCC1CN2CCN1CC2.I. The predicted molar refractivity (Wildman–Crippen MR) is 114 cm³/mol. The maximum Gasteiger partial charge on any atom is 0.191 e. The van der Waals surface area contributed by atoms with Crippen molar-refractivity contribution in [1.29, 1.82) is 0 Å². The summed E-state index contributed by atoms with van der Waals surface area (Å²) in [5.74, 6) is 0.926. The first-order valence-corrected chi connectivity index (χ1v) is 9.18. The standard InChI is InChI=1S/C17H36N6.HI/c1-14(2)23(15(3)4)7-6-19-17(18-5)20-12-16-13-21-8-10-22(16)11-9-21;/h14-16H,6-13H2,1-5H3,(H2,18,19,20);1H. The molecule has 0 aromatic heterocycles. The van der Waals surface area contributed by atoms with E-state index < -0.39 is 0 Å². The van der Waals surface area contributed by atoms with E-state index in [1.54, 1.807) is 0 Å². The zero-order valence-corrected chi connectivity index (χ0v) is 18.4. The number of halogens is 1. The minimum atomic E-state index is 0. The van der Waals surface area contributed by atoms with Crippen molar-refractivity contribution in [3.8, 4) is 0 Å². The summed E-state index contributed by atoms with van der Waals surface area (Å²) in [7, 11) is 1.86. The van der Waals surface area contributed by atoms with Crippen molar-refractivity contribution in [2.24, 2.45) is 4.99 Å². The molecule has 7 heteroatoms. The molecule has 142 valence electrons. The lowest BCUT2D eigenvalue weighted by Gasteiger charge is -2.47. The molecule has 0 aromatic rings. The monoisotopic (exact) mass is 452 g/mol. The summed E-state index contributed by atoms with van der Waals surface area (Å²) in [6, 6.07) is 1.77. The zero-order chi connectivity index (χ0) is 16.8. The molecule has 6 nitrogen and oxygen atoms in total. The highest BCUT2D eigenvalue weighted by Gasteiger charge is 2.31. The third kappa shape index (κ3) is 6.31. The van der Waals surface area contributed by atoms with Gasteiger partial charge < -0.3 is 10.6 Å². The van der Waals surface area contributed by atoms with Gasteiger partial charge in [0, 0.05) is 77.5 Å². The Kier molecular flexibility index (Phi) is 9.84. The maximum absolute atomic E-state index is 4.36. The van der Waals surface area contributed by atoms with Crippen molar-refractivity contribution in [1.82, 2.24) is 25.3 Å². The number of aliphatic imine (C=N–C) groups is 1. The number of guanidine groups is 1. The molecular formula is C17H37IN6. The number of piperazine rings is 3. The largest absolute Gasteiger partial charge is 0.355 e. The minimum Gasteiger partial charge on any atom is -0.355 e. The Hall–Kier alpha value is -0.120. The summed E-state index contributed by atoms with van der Waals surface area (Å²) in [4.78, 5) is 12.0. The molecule has 2 N–H and O–H groups in total. The van der Waals surface area contributed by atoms with Crippen LogP contribution in [0.2, 0.25) is 0 Å². The van der Waals surface area contributed by atoms with Crippen LogP contribution in [0.4, 0.5) is 0 Å². The second-order valence-corrected chi connectivity index (χ2v) is 7.30. The van der Waals surface area contributed by atoms with Crippen LogP contribution in [-0.2, 0) is 0 Å². The van der Waals surface area contributed by atoms with E-state index in [2.05, 4.69) is 58.0 Å². The normalized spacial score (nSPS) is 26.8. The van der Waals surface area contributed by atoms with E-state index in [0.717, 1.165) is 25.6 Å². The third-order valence-corrected chi connectivity index (χ3v) is 5.11. The van der Waals surface area contributed by atoms with Gasteiger partial charge in [0.2, 0.25) is 0 Å². The van der Waals surface area contributed by atoms with Crippen LogP contribution in [0.3, 0.4) is 0 Å². The van der Waals surface area contributed by atoms with Crippen LogP contribution in [0.25, 0.3) is 0 Å². The van der Waals surface area contributed by atoms with E-state index in [-0.39, 0.29) is 24.0 Å². The Balaban J connectivity index is 0.00000288. The summed E-state index contributed by atoms with van der Waals surface area (Å²) in [6.07, 6.45) is 0. The molecule has 0 aliphatic carbocycles. The summed E-state index contributed by atoms with van der Waals surface area (Å²) >= 11 is 0. The fraction of sp³-hybridized carbons (Fsp3) is 0.941. The van der Waals surface area contributed by atoms with Crippen LogP contribution in [0.5, 0.6) is 0 Å². The maximum atomic E-state index is 4.36.